The quantitative estimate of drug-likeness (QED) is 0.790. The summed E-state index contributed by atoms with van der Waals surface area (Å²) in [6, 6.07) is 9.74. The summed E-state index contributed by atoms with van der Waals surface area (Å²) in [5.74, 6) is 1.90. The van der Waals surface area contributed by atoms with Crippen LogP contribution in [0.1, 0.15) is 56.6 Å². The van der Waals surface area contributed by atoms with Gasteiger partial charge in [-0.1, -0.05) is 56.0 Å². The monoisotopic (exact) mass is 273 g/mol. The van der Waals surface area contributed by atoms with Crippen LogP contribution in [0.2, 0.25) is 0 Å². The van der Waals surface area contributed by atoms with Crippen LogP contribution in [-0.2, 0) is 6.42 Å². The Kier molecular flexibility index (Phi) is 6.09. The van der Waals surface area contributed by atoms with E-state index in [0.29, 0.717) is 6.04 Å². The Labute approximate surface area is 125 Å². The number of benzene rings is 1. The summed E-state index contributed by atoms with van der Waals surface area (Å²) in [7, 11) is 2.14. The Bertz CT molecular complexity index is 373. The highest BCUT2D eigenvalue weighted by molar-refractivity contribution is 5.21. The van der Waals surface area contributed by atoms with Gasteiger partial charge in [-0.2, -0.15) is 0 Å². The van der Waals surface area contributed by atoms with E-state index >= 15 is 0 Å². The van der Waals surface area contributed by atoms with E-state index in [9.17, 15) is 0 Å². The summed E-state index contributed by atoms with van der Waals surface area (Å²) in [5.41, 5.74) is 2.84. The lowest BCUT2D eigenvalue weighted by Gasteiger charge is -2.33. The molecule has 1 nitrogen and oxygen atoms in total. The zero-order chi connectivity index (χ0) is 14.4. The van der Waals surface area contributed by atoms with E-state index in [1.807, 2.05) is 0 Å². The lowest BCUT2D eigenvalue weighted by Crippen LogP contribution is -2.36. The van der Waals surface area contributed by atoms with Crippen LogP contribution in [0.15, 0.2) is 24.3 Å². The second-order valence-electron chi connectivity index (χ2n) is 6.61. The van der Waals surface area contributed by atoms with Crippen molar-refractivity contribution in [2.45, 2.75) is 64.8 Å². The van der Waals surface area contributed by atoms with Crippen LogP contribution in [0.4, 0.5) is 0 Å². The predicted molar refractivity (Wildman–Crippen MR) is 88.1 cm³/mol. The van der Waals surface area contributed by atoms with Crippen molar-refractivity contribution in [1.29, 1.82) is 0 Å². The van der Waals surface area contributed by atoms with Gasteiger partial charge in [0.2, 0.25) is 0 Å². The second kappa shape index (κ2) is 7.83. The first-order valence-corrected chi connectivity index (χ1v) is 8.45. The molecule has 0 saturated heterocycles. The first kappa shape index (κ1) is 15.6. The highest BCUT2D eigenvalue weighted by Gasteiger charge is 2.25. The van der Waals surface area contributed by atoms with Gasteiger partial charge in [0.15, 0.2) is 0 Å². The average molecular weight is 273 g/mol. The number of rotatable bonds is 6. The molecule has 0 amide bonds. The van der Waals surface area contributed by atoms with Crippen molar-refractivity contribution in [3.63, 3.8) is 0 Å². The van der Waals surface area contributed by atoms with Gasteiger partial charge in [-0.05, 0) is 57.1 Å². The molecule has 0 radical (unpaired) electrons. The average Bonchev–Trinajstić information content (AvgIpc) is 2.50. The largest absolute Gasteiger partial charge is 0.317 e. The highest BCUT2D eigenvalue weighted by Crippen LogP contribution is 2.33. The minimum absolute atomic E-state index is 0.703. The standard InChI is InChI=1S/C19H31N/c1-4-16-9-12-18(13-10-16)19(20-3)14-11-17-7-5-15(2)6-8-17/h5-8,16,18-20H,4,9-14H2,1-3H3. The van der Waals surface area contributed by atoms with Crippen LogP contribution in [0.5, 0.6) is 0 Å². The molecule has 1 atom stereocenters. The smallest absolute Gasteiger partial charge is 0.00954 e. The maximum absolute atomic E-state index is 3.59. The van der Waals surface area contributed by atoms with Crippen LogP contribution in [0.3, 0.4) is 0 Å². The molecule has 0 heterocycles. The molecule has 1 aromatic rings. The van der Waals surface area contributed by atoms with Crippen LogP contribution >= 0.6 is 0 Å². The van der Waals surface area contributed by atoms with E-state index in [-0.39, 0.29) is 0 Å². The summed E-state index contributed by atoms with van der Waals surface area (Å²) in [6.45, 7) is 4.50. The molecular formula is C19H31N. The van der Waals surface area contributed by atoms with Crippen molar-refractivity contribution >= 4 is 0 Å². The van der Waals surface area contributed by atoms with E-state index in [0.717, 1.165) is 11.8 Å². The Morgan fingerprint density at radius 1 is 1.10 bits per heavy atom. The van der Waals surface area contributed by atoms with Crippen molar-refractivity contribution in [3.8, 4) is 0 Å². The molecule has 1 unspecified atom stereocenters. The van der Waals surface area contributed by atoms with Gasteiger partial charge in [0.1, 0.15) is 0 Å². The van der Waals surface area contributed by atoms with Gasteiger partial charge in [-0.25, -0.2) is 0 Å². The molecule has 0 bridgehead atoms. The van der Waals surface area contributed by atoms with E-state index < -0.39 is 0 Å². The summed E-state index contributed by atoms with van der Waals surface area (Å²) >= 11 is 0. The number of hydrogen-bond donors (Lipinski definition) is 1. The highest BCUT2D eigenvalue weighted by atomic mass is 14.9. The van der Waals surface area contributed by atoms with E-state index in [2.05, 4.69) is 50.5 Å². The van der Waals surface area contributed by atoms with Crippen molar-refractivity contribution in [2.24, 2.45) is 11.8 Å². The Morgan fingerprint density at radius 3 is 2.30 bits per heavy atom. The molecule has 1 aromatic carbocycles. The molecule has 1 heteroatoms. The molecular weight excluding hydrogens is 242 g/mol. The fraction of sp³-hybridized carbons (Fsp3) is 0.684. The molecule has 0 aliphatic heterocycles. The van der Waals surface area contributed by atoms with Crippen molar-refractivity contribution < 1.29 is 0 Å². The molecule has 2 rings (SSSR count). The maximum Gasteiger partial charge on any atom is 0.00954 e. The maximum atomic E-state index is 3.59. The van der Waals surface area contributed by atoms with Crippen molar-refractivity contribution in [2.75, 3.05) is 7.05 Å². The molecule has 1 aliphatic rings. The Morgan fingerprint density at radius 2 is 1.75 bits per heavy atom. The summed E-state index contributed by atoms with van der Waals surface area (Å²) in [6.07, 6.45) is 9.62. The fourth-order valence-electron chi connectivity index (χ4n) is 3.69. The van der Waals surface area contributed by atoms with Gasteiger partial charge >= 0.3 is 0 Å². The van der Waals surface area contributed by atoms with Gasteiger partial charge in [0.25, 0.3) is 0 Å². The predicted octanol–water partition coefficient (Wildman–Crippen LogP) is 4.73. The van der Waals surface area contributed by atoms with Gasteiger partial charge in [0, 0.05) is 6.04 Å². The third-order valence-electron chi connectivity index (χ3n) is 5.27. The zero-order valence-electron chi connectivity index (χ0n) is 13.5. The van der Waals surface area contributed by atoms with Crippen LogP contribution in [0, 0.1) is 18.8 Å². The lowest BCUT2D eigenvalue weighted by molar-refractivity contribution is 0.216. The van der Waals surface area contributed by atoms with Crippen molar-refractivity contribution in [1.82, 2.24) is 5.32 Å². The Balaban J connectivity index is 1.81. The summed E-state index contributed by atoms with van der Waals surface area (Å²) < 4.78 is 0. The van der Waals surface area contributed by atoms with Gasteiger partial charge in [0.05, 0.1) is 0 Å². The third kappa shape index (κ3) is 4.34. The molecule has 20 heavy (non-hydrogen) atoms. The molecule has 1 aliphatic carbocycles. The molecule has 0 spiro atoms. The normalized spacial score (nSPS) is 24.6. The topological polar surface area (TPSA) is 12.0 Å². The minimum Gasteiger partial charge on any atom is -0.317 e. The van der Waals surface area contributed by atoms with E-state index in [1.165, 1.54) is 56.1 Å². The Hall–Kier alpha value is -0.820. The number of aryl methyl sites for hydroxylation is 2. The SMILES string of the molecule is CCC1CCC(C(CCc2ccc(C)cc2)NC)CC1. The zero-order valence-corrected chi connectivity index (χ0v) is 13.5. The van der Waals surface area contributed by atoms with Gasteiger partial charge < -0.3 is 5.32 Å². The molecule has 1 N–H and O–H groups in total. The third-order valence-corrected chi connectivity index (χ3v) is 5.27. The summed E-state index contributed by atoms with van der Waals surface area (Å²) in [4.78, 5) is 0. The second-order valence-corrected chi connectivity index (χ2v) is 6.61. The first-order valence-electron chi connectivity index (χ1n) is 8.45. The van der Waals surface area contributed by atoms with Crippen LogP contribution < -0.4 is 5.32 Å². The van der Waals surface area contributed by atoms with Gasteiger partial charge in [-0.3, -0.25) is 0 Å². The molecule has 1 fully saturated rings. The fourth-order valence-corrected chi connectivity index (χ4v) is 3.69. The van der Waals surface area contributed by atoms with Crippen LogP contribution in [0.25, 0.3) is 0 Å². The molecule has 0 aromatic heterocycles. The van der Waals surface area contributed by atoms with Crippen molar-refractivity contribution in [3.05, 3.63) is 35.4 Å². The van der Waals surface area contributed by atoms with E-state index in [1.54, 1.807) is 0 Å². The first-order chi connectivity index (χ1) is 9.72. The van der Waals surface area contributed by atoms with E-state index in [4.69, 9.17) is 0 Å². The lowest BCUT2D eigenvalue weighted by atomic mass is 9.76. The van der Waals surface area contributed by atoms with Gasteiger partial charge in [-0.15, -0.1) is 0 Å². The molecule has 112 valence electrons. The molecule has 1 saturated carbocycles. The summed E-state index contributed by atoms with van der Waals surface area (Å²) in [5, 5.41) is 3.59. The van der Waals surface area contributed by atoms with Crippen LogP contribution in [-0.4, -0.2) is 13.1 Å². The number of nitrogens with one attached hydrogen (secondary N) is 1. The number of hydrogen-bond acceptors (Lipinski definition) is 1. The minimum atomic E-state index is 0.703.